The summed E-state index contributed by atoms with van der Waals surface area (Å²) in [7, 11) is 1.51. The summed E-state index contributed by atoms with van der Waals surface area (Å²) in [6, 6.07) is 13.4. The molecule has 1 heterocycles. The topological polar surface area (TPSA) is 117 Å². The zero-order valence-corrected chi connectivity index (χ0v) is 24.7. The predicted octanol–water partition coefficient (Wildman–Crippen LogP) is 4.90. The lowest BCUT2D eigenvalue weighted by molar-refractivity contribution is -0.137. The Balaban J connectivity index is 1.75. The number of carbonyl (C=O) groups excluding carboxylic acids is 3. The molecule has 2 aromatic carbocycles. The van der Waals surface area contributed by atoms with Crippen molar-refractivity contribution in [2.45, 2.75) is 38.4 Å². The van der Waals surface area contributed by atoms with E-state index >= 15 is 0 Å². The van der Waals surface area contributed by atoms with Crippen molar-refractivity contribution in [3.05, 3.63) is 107 Å². The van der Waals surface area contributed by atoms with Gasteiger partial charge in [0.1, 0.15) is 0 Å². The first kappa shape index (κ1) is 32.0. The van der Waals surface area contributed by atoms with Gasteiger partial charge in [-0.3, -0.25) is 19.4 Å². The van der Waals surface area contributed by atoms with Gasteiger partial charge in [0.2, 0.25) is 11.8 Å². The van der Waals surface area contributed by atoms with Crippen molar-refractivity contribution < 1.29 is 27.6 Å². The number of pyridine rings is 1. The number of benzene rings is 2. The summed E-state index contributed by atoms with van der Waals surface area (Å²) in [5.74, 6) is -1.51. The first-order chi connectivity index (χ1) is 20.9. The molecular weight excluding hydrogens is 571 g/mol. The van der Waals surface area contributed by atoms with Gasteiger partial charge in [-0.2, -0.15) is 13.2 Å². The molecule has 4 N–H and O–H groups in total. The Morgan fingerprint density at radius 3 is 2.43 bits per heavy atom. The maximum atomic E-state index is 13.2. The maximum absolute atomic E-state index is 13.2. The van der Waals surface area contributed by atoms with Crippen molar-refractivity contribution >= 4 is 23.4 Å². The van der Waals surface area contributed by atoms with E-state index < -0.39 is 29.0 Å². The van der Waals surface area contributed by atoms with Crippen molar-refractivity contribution in [3.8, 4) is 11.3 Å². The van der Waals surface area contributed by atoms with Gasteiger partial charge in [0.25, 0.3) is 5.91 Å². The molecule has 0 radical (unpaired) electrons. The lowest BCUT2D eigenvalue weighted by Crippen LogP contribution is -2.43. The summed E-state index contributed by atoms with van der Waals surface area (Å²) >= 11 is 0. The molecule has 44 heavy (non-hydrogen) atoms. The molecule has 3 amide bonds. The first-order valence-corrected chi connectivity index (χ1v) is 14.1. The Bertz CT molecular complexity index is 1630. The Hall–Kier alpha value is -4.93. The smallest absolute Gasteiger partial charge is 0.372 e. The van der Waals surface area contributed by atoms with E-state index in [-0.39, 0.29) is 24.4 Å². The third kappa shape index (κ3) is 6.66. The quantitative estimate of drug-likeness (QED) is 0.304. The number of rotatable bonds is 10. The molecule has 0 saturated heterocycles. The van der Waals surface area contributed by atoms with Crippen LogP contribution in [-0.4, -0.2) is 42.8 Å². The van der Waals surface area contributed by atoms with Crippen LogP contribution in [-0.2, 0) is 27.7 Å². The fourth-order valence-electron chi connectivity index (χ4n) is 5.33. The number of nitrogens with two attached hydrogens (primary N) is 1. The molecule has 0 spiro atoms. The molecule has 0 bridgehead atoms. The van der Waals surface area contributed by atoms with Crippen LogP contribution in [0.25, 0.3) is 11.3 Å². The molecule has 3 aromatic rings. The number of primary amides is 1. The highest BCUT2D eigenvalue weighted by atomic mass is 19.4. The Morgan fingerprint density at radius 2 is 1.77 bits per heavy atom. The number of amides is 3. The second kappa shape index (κ2) is 13.2. The van der Waals surface area contributed by atoms with Gasteiger partial charge in [-0.05, 0) is 67.8 Å². The van der Waals surface area contributed by atoms with E-state index in [1.165, 1.54) is 31.4 Å². The molecule has 1 atom stereocenters. The fourth-order valence-corrected chi connectivity index (χ4v) is 5.33. The standard InChI is InChI=1S/C33H34F3N5O3/c1-4-41(5-2)25-11-12-27(32(31(37)44)14-7-9-23(19-32)29(42)38-3)26(18-25)28-17-22(13-15-39-28)30(43)40-20-21-8-6-10-24(16-21)33(34,35)36/h6-18H,4-5,19-20H2,1-3H3,(H2,37,44)(H,38,42)(H,40,43). The number of allylic oxidation sites excluding steroid dienone is 2. The Labute approximate surface area is 253 Å². The summed E-state index contributed by atoms with van der Waals surface area (Å²) in [4.78, 5) is 45.5. The van der Waals surface area contributed by atoms with Crippen LogP contribution < -0.4 is 21.3 Å². The van der Waals surface area contributed by atoms with E-state index in [2.05, 4.69) is 20.5 Å². The van der Waals surface area contributed by atoms with E-state index in [0.717, 1.165) is 17.8 Å². The van der Waals surface area contributed by atoms with E-state index in [1.807, 2.05) is 26.0 Å². The number of halogens is 3. The number of likely N-dealkylation sites (N-methyl/N-ethyl adjacent to an activating group) is 1. The summed E-state index contributed by atoms with van der Waals surface area (Å²) in [5, 5.41) is 5.26. The summed E-state index contributed by atoms with van der Waals surface area (Å²) < 4.78 is 39.4. The molecule has 0 saturated carbocycles. The van der Waals surface area contributed by atoms with E-state index in [4.69, 9.17) is 5.73 Å². The molecule has 230 valence electrons. The number of nitrogens with zero attached hydrogens (tertiary/aromatic N) is 2. The van der Waals surface area contributed by atoms with Crippen molar-refractivity contribution in [2.24, 2.45) is 5.73 Å². The van der Waals surface area contributed by atoms with Gasteiger partial charge in [0, 0.05) is 55.3 Å². The Kier molecular flexibility index (Phi) is 9.56. The van der Waals surface area contributed by atoms with Gasteiger partial charge < -0.3 is 21.3 Å². The van der Waals surface area contributed by atoms with Crippen LogP contribution in [0.15, 0.2) is 84.6 Å². The molecule has 1 aliphatic carbocycles. The first-order valence-electron chi connectivity index (χ1n) is 14.1. The Morgan fingerprint density at radius 1 is 1.02 bits per heavy atom. The third-order valence-electron chi connectivity index (χ3n) is 7.72. The number of anilines is 1. The second-order valence-electron chi connectivity index (χ2n) is 10.4. The normalized spacial score (nSPS) is 16.2. The van der Waals surface area contributed by atoms with Gasteiger partial charge in [0.05, 0.1) is 16.7 Å². The molecule has 0 fully saturated rings. The summed E-state index contributed by atoms with van der Waals surface area (Å²) in [6.45, 7) is 5.34. The van der Waals surface area contributed by atoms with Crippen molar-refractivity contribution in [1.29, 1.82) is 0 Å². The zero-order chi connectivity index (χ0) is 32.1. The number of hydrogen-bond acceptors (Lipinski definition) is 5. The molecule has 0 aliphatic heterocycles. The van der Waals surface area contributed by atoms with E-state index in [9.17, 15) is 27.6 Å². The van der Waals surface area contributed by atoms with Crippen LogP contribution in [0.2, 0.25) is 0 Å². The lowest BCUT2D eigenvalue weighted by Gasteiger charge is -2.33. The van der Waals surface area contributed by atoms with Crippen LogP contribution in [0.4, 0.5) is 18.9 Å². The predicted molar refractivity (Wildman–Crippen MR) is 163 cm³/mol. The van der Waals surface area contributed by atoms with Gasteiger partial charge in [-0.1, -0.05) is 36.4 Å². The minimum absolute atomic E-state index is 0.0211. The molecule has 11 heteroatoms. The minimum Gasteiger partial charge on any atom is -0.372 e. The highest BCUT2D eigenvalue weighted by Gasteiger charge is 2.41. The summed E-state index contributed by atoms with van der Waals surface area (Å²) in [6.07, 6.45) is 1.91. The van der Waals surface area contributed by atoms with Gasteiger partial charge in [0.15, 0.2) is 0 Å². The van der Waals surface area contributed by atoms with Crippen LogP contribution in [0.5, 0.6) is 0 Å². The number of alkyl halides is 3. The van der Waals surface area contributed by atoms with Crippen molar-refractivity contribution in [3.63, 3.8) is 0 Å². The van der Waals surface area contributed by atoms with Crippen LogP contribution >= 0.6 is 0 Å². The monoisotopic (exact) mass is 605 g/mol. The van der Waals surface area contributed by atoms with E-state index in [0.29, 0.717) is 41.0 Å². The van der Waals surface area contributed by atoms with Crippen LogP contribution in [0.1, 0.15) is 47.3 Å². The number of carbonyl (C=O) groups is 3. The average Bonchev–Trinajstić information content (AvgIpc) is 3.03. The van der Waals surface area contributed by atoms with Crippen molar-refractivity contribution in [1.82, 2.24) is 15.6 Å². The van der Waals surface area contributed by atoms with Gasteiger partial charge in [-0.25, -0.2) is 0 Å². The average molecular weight is 606 g/mol. The molecular formula is C33H34F3N5O3. The highest BCUT2D eigenvalue weighted by Crippen LogP contribution is 2.42. The SMILES string of the molecule is CCN(CC)c1ccc(C2(C(N)=O)C=CC=C(C(=O)NC)C2)c(-c2cc(C(=O)NCc3cccc(C(F)(F)F)c3)ccn2)c1. The fraction of sp³-hybridized carbons (Fsp3) is 0.273. The highest BCUT2D eigenvalue weighted by molar-refractivity contribution is 6.00. The number of nitrogens with one attached hydrogen (secondary N) is 2. The maximum Gasteiger partial charge on any atom is 0.416 e. The van der Waals surface area contributed by atoms with Crippen LogP contribution in [0, 0.1) is 0 Å². The number of hydrogen-bond donors (Lipinski definition) is 3. The third-order valence-corrected chi connectivity index (χ3v) is 7.72. The molecule has 4 rings (SSSR count). The lowest BCUT2D eigenvalue weighted by atomic mass is 9.70. The van der Waals surface area contributed by atoms with E-state index in [1.54, 1.807) is 30.4 Å². The van der Waals surface area contributed by atoms with Crippen molar-refractivity contribution in [2.75, 3.05) is 25.0 Å². The van der Waals surface area contributed by atoms with Gasteiger partial charge in [-0.15, -0.1) is 0 Å². The molecule has 1 aromatic heterocycles. The minimum atomic E-state index is -4.50. The zero-order valence-electron chi connectivity index (χ0n) is 24.7. The second-order valence-corrected chi connectivity index (χ2v) is 10.4. The molecule has 1 unspecified atom stereocenters. The molecule has 8 nitrogen and oxygen atoms in total. The summed E-state index contributed by atoms with van der Waals surface area (Å²) in [5.41, 5.74) is 7.05. The number of aromatic nitrogens is 1. The van der Waals surface area contributed by atoms with Gasteiger partial charge >= 0.3 is 6.18 Å². The van der Waals surface area contributed by atoms with Crippen LogP contribution in [0.3, 0.4) is 0 Å². The molecule has 1 aliphatic rings. The largest absolute Gasteiger partial charge is 0.416 e.